The summed E-state index contributed by atoms with van der Waals surface area (Å²) in [7, 11) is 0. The predicted octanol–water partition coefficient (Wildman–Crippen LogP) is 3.51. The zero-order valence-corrected chi connectivity index (χ0v) is 18.4. The van der Waals surface area contributed by atoms with Crippen LogP contribution in [-0.4, -0.2) is 55.8 Å². The first-order valence-corrected chi connectivity index (χ1v) is 10.2. The normalized spacial score (nSPS) is 22.8. The average Bonchev–Trinajstić information content (AvgIpc) is 3.07. The Kier molecular flexibility index (Phi) is 12.9. The summed E-state index contributed by atoms with van der Waals surface area (Å²) in [4.78, 5) is 7.02. The highest BCUT2D eigenvalue weighted by Crippen LogP contribution is 2.20. The number of hydrogen-bond acceptors (Lipinski definition) is 3. The maximum absolute atomic E-state index is 5.97. The molecule has 6 heteroatoms. The molecule has 1 unspecified atom stereocenters. The Morgan fingerprint density at radius 3 is 2.68 bits per heavy atom. The molecule has 3 N–H and O–H groups in total. The lowest BCUT2D eigenvalue weighted by Gasteiger charge is -2.21. The van der Waals surface area contributed by atoms with E-state index in [-0.39, 0.29) is 24.0 Å². The molecule has 1 aliphatic heterocycles. The highest BCUT2D eigenvalue weighted by atomic mass is 127. The average molecular weight is 466 g/mol. The number of likely N-dealkylation sites (N-methyl/N-ethyl adjacent to an activating group) is 1. The third kappa shape index (κ3) is 9.43. The lowest BCUT2D eigenvalue weighted by molar-refractivity contribution is 0.0264. The summed E-state index contributed by atoms with van der Waals surface area (Å²) in [6.07, 6.45) is 13.2. The van der Waals surface area contributed by atoms with Crippen LogP contribution < -0.4 is 11.1 Å². The van der Waals surface area contributed by atoms with Crippen LogP contribution >= 0.6 is 24.0 Å². The molecule has 25 heavy (non-hydrogen) atoms. The quantitative estimate of drug-likeness (QED) is 0.224. The molecular weight excluding hydrogens is 427 g/mol. The van der Waals surface area contributed by atoms with E-state index in [1.165, 1.54) is 57.9 Å². The molecule has 0 radical (unpaired) electrons. The number of nitrogens with two attached hydrogens (primary N) is 1. The molecule has 1 saturated heterocycles. The Hall–Kier alpha value is -0.0800. The van der Waals surface area contributed by atoms with E-state index in [9.17, 15) is 0 Å². The van der Waals surface area contributed by atoms with Gasteiger partial charge in [-0.05, 0) is 58.0 Å². The summed E-state index contributed by atoms with van der Waals surface area (Å²) >= 11 is 0. The van der Waals surface area contributed by atoms with E-state index in [4.69, 9.17) is 10.5 Å². The molecule has 148 valence electrons. The maximum Gasteiger partial charge on any atom is 0.188 e. The Morgan fingerprint density at radius 2 is 1.92 bits per heavy atom. The van der Waals surface area contributed by atoms with Gasteiger partial charge in [0.1, 0.15) is 0 Å². The molecule has 0 aromatic carbocycles. The molecule has 0 aromatic rings. The number of ether oxygens (including phenoxy) is 1. The van der Waals surface area contributed by atoms with Crippen LogP contribution in [0.3, 0.4) is 0 Å². The smallest absolute Gasteiger partial charge is 0.188 e. The maximum atomic E-state index is 5.97. The lowest BCUT2D eigenvalue weighted by Crippen LogP contribution is -2.36. The molecule has 0 spiro atoms. The molecule has 0 bridgehead atoms. The second-order valence-electron chi connectivity index (χ2n) is 7.27. The summed E-state index contributed by atoms with van der Waals surface area (Å²) in [6, 6.07) is 0.590. The molecule has 2 rings (SSSR count). The van der Waals surface area contributed by atoms with Gasteiger partial charge in [0.25, 0.3) is 0 Å². The molecule has 1 saturated carbocycles. The fraction of sp³-hybridized carbons (Fsp3) is 0.947. The van der Waals surface area contributed by atoms with Crippen molar-refractivity contribution in [3.05, 3.63) is 0 Å². The van der Waals surface area contributed by atoms with Crippen LogP contribution in [0.1, 0.15) is 71.1 Å². The SMILES string of the molecule is CCN1CCCC1CN=C(N)NCCCCCOC1CCCCC1.I. The van der Waals surface area contributed by atoms with Gasteiger partial charge in [0.05, 0.1) is 12.6 Å². The van der Waals surface area contributed by atoms with Gasteiger partial charge in [-0.3, -0.25) is 9.89 Å². The van der Waals surface area contributed by atoms with E-state index in [0.29, 0.717) is 18.1 Å². The zero-order chi connectivity index (χ0) is 17.0. The first kappa shape index (κ1) is 23.0. The highest BCUT2D eigenvalue weighted by molar-refractivity contribution is 14.0. The van der Waals surface area contributed by atoms with Gasteiger partial charge >= 0.3 is 0 Å². The van der Waals surface area contributed by atoms with Gasteiger partial charge in [-0.2, -0.15) is 0 Å². The monoisotopic (exact) mass is 466 g/mol. The van der Waals surface area contributed by atoms with Crippen molar-refractivity contribution in [3.8, 4) is 0 Å². The summed E-state index contributed by atoms with van der Waals surface area (Å²) < 4.78 is 5.95. The Labute approximate surface area is 171 Å². The molecule has 0 amide bonds. The van der Waals surface area contributed by atoms with Crippen molar-refractivity contribution in [2.45, 2.75) is 83.3 Å². The standard InChI is InChI=1S/C19H38N4O.HI/c1-2-23-14-9-10-17(23)16-22-19(20)21-13-7-4-8-15-24-18-11-5-3-6-12-18;/h17-18H,2-16H2,1H3,(H3,20,21,22);1H. The van der Waals surface area contributed by atoms with E-state index in [1.807, 2.05) is 0 Å². The van der Waals surface area contributed by atoms with Gasteiger partial charge in [0.15, 0.2) is 5.96 Å². The number of guanidine groups is 1. The third-order valence-electron chi connectivity index (χ3n) is 5.41. The van der Waals surface area contributed by atoms with Gasteiger partial charge in [-0.15, -0.1) is 24.0 Å². The first-order valence-electron chi connectivity index (χ1n) is 10.2. The minimum absolute atomic E-state index is 0. The molecule has 2 aliphatic rings. The number of hydrogen-bond donors (Lipinski definition) is 2. The minimum Gasteiger partial charge on any atom is -0.378 e. The number of nitrogens with zero attached hydrogens (tertiary/aromatic N) is 2. The van der Waals surface area contributed by atoms with Gasteiger partial charge < -0.3 is 15.8 Å². The van der Waals surface area contributed by atoms with E-state index in [1.54, 1.807) is 0 Å². The summed E-state index contributed by atoms with van der Waals surface area (Å²) in [6.45, 7) is 7.23. The molecule has 1 atom stereocenters. The van der Waals surface area contributed by atoms with Gasteiger partial charge in [0.2, 0.25) is 0 Å². The Balaban J connectivity index is 0.00000312. The summed E-state index contributed by atoms with van der Waals surface area (Å²) in [5.41, 5.74) is 5.97. The molecule has 1 heterocycles. The fourth-order valence-corrected chi connectivity index (χ4v) is 3.88. The van der Waals surface area contributed by atoms with E-state index in [0.717, 1.165) is 39.1 Å². The number of nitrogens with one attached hydrogen (secondary N) is 1. The molecule has 5 nitrogen and oxygen atoms in total. The van der Waals surface area contributed by atoms with E-state index in [2.05, 4.69) is 22.1 Å². The van der Waals surface area contributed by atoms with Gasteiger partial charge in [-0.1, -0.05) is 26.2 Å². The van der Waals surface area contributed by atoms with Crippen LogP contribution in [-0.2, 0) is 4.74 Å². The minimum atomic E-state index is 0. The van der Waals surface area contributed by atoms with Crippen molar-refractivity contribution >= 4 is 29.9 Å². The van der Waals surface area contributed by atoms with Crippen molar-refractivity contribution in [2.75, 3.05) is 32.8 Å². The largest absolute Gasteiger partial charge is 0.378 e. The van der Waals surface area contributed by atoms with E-state index < -0.39 is 0 Å². The molecular formula is C19H39IN4O. The fourth-order valence-electron chi connectivity index (χ4n) is 3.88. The van der Waals surface area contributed by atoms with Crippen molar-refractivity contribution in [3.63, 3.8) is 0 Å². The van der Waals surface area contributed by atoms with Crippen molar-refractivity contribution < 1.29 is 4.74 Å². The predicted molar refractivity (Wildman–Crippen MR) is 117 cm³/mol. The molecule has 0 aromatic heterocycles. The van der Waals surface area contributed by atoms with Crippen LogP contribution in [0, 0.1) is 0 Å². The van der Waals surface area contributed by atoms with Gasteiger partial charge in [0, 0.05) is 19.2 Å². The lowest BCUT2D eigenvalue weighted by atomic mass is 9.98. The first-order chi connectivity index (χ1) is 11.8. The zero-order valence-electron chi connectivity index (χ0n) is 16.0. The van der Waals surface area contributed by atoms with Crippen LogP contribution in [0.2, 0.25) is 0 Å². The molecule has 1 aliphatic carbocycles. The second kappa shape index (κ2) is 14.0. The summed E-state index contributed by atoms with van der Waals surface area (Å²) in [5.74, 6) is 0.608. The van der Waals surface area contributed by atoms with Crippen LogP contribution in [0.5, 0.6) is 0 Å². The third-order valence-corrected chi connectivity index (χ3v) is 5.41. The van der Waals surface area contributed by atoms with Crippen molar-refractivity contribution in [1.82, 2.24) is 10.2 Å². The Morgan fingerprint density at radius 1 is 1.12 bits per heavy atom. The van der Waals surface area contributed by atoms with Crippen molar-refractivity contribution in [1.29, 1.82) is 0 Å². The van der Waals surface area contributed by atoms with Crippen LogP contribution in [0.4, 0.5) is 0 Å². The number of halogens is 1. The topological polar surface area (TPSA) is 62.9 Å². The van der Waals surface area contributed by atoms with Crippen LogP contribution in [0.25, 0.3) is 0 Å². The number of rotatable bonds is 10. The number of aliphatic imine (C=N–C) groups is 1. The Bertz CT molecular complexity index is 361. The second-order valence-corrected chi connectivity index (χ2v) is 7.27. The van der Waals surface area contributed by atoms with Crippen LogP contribution in [0.15, 0.2) is 4.99 Å². The van der Waals surface area contributed by atoms with Gasteiger partial charge in [-0.25, -0.2) is 0 Å². The molecule has 2 fully saturated rings. The number of likely N-dealkylation sites (tertiary alicyclic amines) is 1. The highest BCUT2D eigenvalue weighted by Gasteiger charge is 2.22. The number of unbranched alkanes of at least 4 members (excludes halogenated alkanes) is 2. The summed E-state index contributed by atoms with van der Waals surface area (Å²) in [5, 5.41) is 3.25. The van der Waals surface area contributed by atoms with E-state index >= 15 is 0 Å². The van der Waals surface area contributed by atoms with Crippen molar-refractivity contribution in [2.24, 2.45) is 10.7 Å².